The standard InChI is InChI=1S/C18H18N2O4/c1-24-14-5-2-12(3-6-14)16-11-20(8-9-21)19-18(16)15-7-4-13(22)10-17(15)23/h2-7,10-11,21-23H,8-9H2,1H3. The van der Waals surface area contributed by atoms with E-state index in [0.29, 0.717) is 17.8 Å². The van der Waals surface area contributed by atoms with Gasteiger partial charge in [0, 0.05) is 23.4 Å². The molecule has 0 unspecified atom stereocenters. The van der Waals surface area contributed by atoms with Crippen LogP contribution in [0, 0.1) is 0 Å². The van der Waals surface area contributed by atoms with E-state index >= 15 is 0 Å². The van der Waals surface area contributed by atoms with Crippen molar-refractivity contribution in [1.29, 1.82) is 0 Å². The second-order valence-corrected chi connectivity index (χ2v) is 5.31. The lowest BCUT2D eigenvalue weighted by molar-refractivity contribution is 0.269. The number of aromatic hydroxyl groups is 2. The molecule has 0 saturated heterocycles. The summed E-state index contributed by atoms with van der Waals surface area (Å²) in [4.78, 5) is 0. The lowest BCUT2D eigenvalue weighted by Crippen LogP contribution is -2.02. The molecule has 0 aliphatic heterocycles. The van der Waals surface area contributed by atoms with Crippen molar-refractivity contribution in [1.82, 2.24) is 9.78 Å². The van der Waals surface area contributed by atoms with Crippen LogP contribution in [0.15, 0.2) is 48.7 Å². The van der Waals surface area contributed by atoms with Crippen LogP contribution < -0.4 is 4.74 Å². The van der Waals surface area contributed by atoms with Crippen LogP contribution in [-0.4, -0.2) is 38.8 Å². The summed E-state index contributed by atoms with van der Waals surface area (Å²) in [7, 11) is 1.61. The quantitative estimate of drug-likeness (QED) is 0.671. The zero-order valence-electron chi connectivity index (χ0n) is 13.2. The van der Waals surface area contributed by atoms with Crippen molar-refractivity contribution in [3.63, 3.8) is 0 Å². The van der Waals surface area contributed by atoms with Crippen LogP contribution in [0.4, 0.5) is 0 Å². The fourth-order valence-corrected chi connectivity index (χ4v) is 2.54. The third kappa shape index (κ3) is 3.04. The average Bonchev–Trinajstić information content (AvgIpc) is 2.99. The molecule has 0 spiro atoms. The maximum Gasteiger partial charge on any atom is 0.128 e. The van der Waals surface area contributed by atoms with Gasteiger partial charge in [-0.05, 0) is 29.8 Å². The minimum absolute atomic E-state index is 0.0166. The molecule has 0 aliphatic rings. The summed E-state index contributed by atoms with van der Waals surface area (Å²) in [6, 6.07) is 11.9. The van der Waals surface area contributed by atoms with Gasteiger partial charge in [-0.3, -0.25) is 4.68 Å². The van der Waals surface area contributed by atoms with Gasteiger partial charge >= 0.3 is 0 Å². The Hall–Kier alpha value is -2.99. The molecule has 2 aromatic carbocycles. The van der Waals surface area contributed by atoms with Crippen LogP contribution >= 0.6 is 0 Å². The Labute approximate surface area is 139 Å². The molecule has 6 heteroatoms. The van der Waals surface area contributed by atoms with Gasteiger partial charge in [-0.1, -0.05) is 12.1 Å². The van der Waals surface area contributed by atoms with Gasteiger partial charge in [0.15, 0.2) is 0 Å². The van der Waals surface area contributed by atoms with Crippen LogP contribution in [0.3, 0.4) is 0 Å². The maximum absolute atomic E-state index is 10.2. The molecule has 24 heavy (non-hydrogen) atoms. The van der Waals surface area contributed by atoms with Crippen molar-refractivity contribution < 1.29 is 20.1 Å². The number of phenols is 2. The molecular weight excluding hydrogens is 308 g/mol. The molecule has 0 radical (unpaired) electrons. The van der Waals surface area contributed by atoms with Crippen LogP contribution in [0.1, 0.15) is 0 Å². The van der Waals surface area contributed by atoms with Crippen molar-refractivity contribution in [3.05, 3.63) is 48.7 Å². The third-order valence-corrected chi connectivity index (χ3v) is 3.73. The lowest BCUT2D eigenvalue weighted by Gasteiger charge is -2.06. The summed E-state index contributed by atoms with van der Waals surface area (Å²) >= 11 is 0. The highest BCUT2D eigenvalue weighted by Gasteiger charge is 2.16. The van der Waals surface area contributed by atoms with E-state index in [4.69, 9.17) is 9.84 Å². The number of methoxy groups -OCH3 is 1. The number of aromatic nitrogens is 2. The van der Waals surface area contributed by atoms with Crippen LogP contribution in [0.5, 0.6) is 17.2 Å². The van der Waals surface area contributed by atoms with Crippen LogP contribution in [0.25, 0.3) is 22.4 Å². The molecule has 6 nitrogen and oxygen atoms in total. The van der Waals surface area contributed by atoms with E-state index < -0.39 is 0 Å². The Morgan fingerprint density at radius 1 is 1.04 bits per heavy atom. The van der Waals surface area contributed by atoms with E-state index in [1.165, 1.54) is 12.1 Å². The molecular formula is C18H18N2O4. The second-order valence-electron chi connectivity index (χ2n) is 5.31. The van der Waals surface area contributed by atoms with Crippen LogP contribution in [-0.2, 0) is 6.54 Å². The normalized spacial score (nSPS) is 10.8. The highest BCUT2D eigenvalue weighted by molar-refractivity contribution is 5.83. The number of hydrogen-bond acceptors (Lipinski definition) is 5. The Balaban J connectivity index is 2.13. The van der Waals surface area contributed by atoms with E-state index in [2.05, 4.69) is 5.10 Å². The minimum Gasteiger partial charge on any atom is -0.508 e. The monoisotopic (exact) mass is 326 g/mol. The molecule has 1 aromatic heterocycles. The fourth-order valence-electron chi connectivity index (χ4n) is 2.54. The summed E-state index contributed by atoms with van der Waals surface area (Å²) in [5.41, 5.74) is 2.80. The molecule has 0 bridgehead atoms. The number of aliphatic hydroxyl groups is 1. The summed E-state index contributed by atoms with van der Waals surface area (Å²) in [5, 5.41) is 33.3. The SMILES string of the molecule is COc1ccc(-c2cn(CCO)nc2-c2ccc(O)cc2O)cc1. The number of rotatable bonds is 5. The predicted molar refractivity (Wildman–Crippen MR) is 90.1 cm³/mol. The fraction of sp³-hybridized carbons (Fsp3) is 0.167. The van der Waals surface area contributed by atoms with E-state index in [9.17, 15) is 10.2 Å². The van der Waals surface area contributed by atoms with Gasteiger partial charge in [0.2, 0.25) is 0 Å². The molecule has 0 amide bonds. The predicted octanol–water partition coefficient (Wildman–Crippen LogP) is 2.63. The number of benzene rings is 2. The molecule has 3 aromatic rings. The van der Waals surface area contributed by atoms with Crippen molar-refractivity contribution in [2.75, 3.05) is 13.7 Å². The minimum atomic E-state index is -0.0565. The molecule has 3 N–H and O–H groups in total. The maximum atomic E-state index is 10.2. The molecule has 0 saturated carbocycles. The first-order chi connectivity index (χ1) is 11.6. The largest absolute Gasteiger partial charge is 0.508 e. The van der Waals surface area contributed by atoms with Gasteiger partial charge < -0.3 is 20.1 Å². The number of nitrogens with zero attached hydrogens (tertiary/aromatic N) is 2. The smallest absolute Gasteiger partial charge is 0.128 e. The molecule has 0 fully saturated rings. The molecule has 0 aliphatic carbocycles. The first kappa shape index (κ1) is 15.9. The topological polar surface area (TPSA) is 87.7 Å². The summed E-state index contributed by atoms with van der Waals surface area (Å²) < 4.78 is 6.80. The van der Waals surface area contributed by atoms with Crippen molar-refractivity contribution >= 4 is 0 Å². The molecule has 0 atom stereocenters. The van der Waals surface area contributed by atoms with Gasteiger partial charge in [-0.25, -0.2) is 0 Å². The average molecular weight is 326 g/mol. The summed E-state index contributed by atoms with van der Waals surface area (Å²) in [6.07, 6.45) is 1.82. The number of hydrogen-bond donors (Lipinski definition) is 3. The van der Waals surface area contributed by atoms with Crippen molar-refractivity contribution in [2.24, 2.45) is 0 Å². The third-order valence-electron chi connectivity index (χ3n) is 3.73. The van der Waals surface area contributed by atoms with E-state index in [1.54, 1.807) is 17.9 Å². The number of phenolic OH excluding ortho intramolecular Hbond substituents is 2. The Bertz CT molecular complexity index is 841. The van der Waals surface area contributed by atoms with Crippen molar-refractivity contribution in [2.45, 2.75) is 6.54 Å². The van der Waals surface area contributed by atoms with Gasteiger partial charge in [0.1, 0.15) is 22.9 Å². The van der Waals surface area contributed by atoms with Crippen molar-refractivity contribution in [3.8, 4) is 39.6 Å². The Kier molecular flexibility index (Phi) is 4.39. The zero-order chi connectivity index (χ0) is 17.1. The Morgan fingerprint density at radius 3 is 2.42 bits per heavy atom. The van der Waals surface area contributed by atoms with Gasteiger partial charge in [0.25, 0.3) is 0 Å². The van der Waals surface area contributed by atoms with Gasteiger partial charge in [0.05, 0.1) is 20.3 Å². The number of ether oxygens (including phenoxy) is 1. The van der Waals surface area contributed by atoms with E-state index in [1.807, 2.05) is 30.5 Å². The number of aliphatic hydroxyl groups excluding tert-OH is 1. The lowest BCUT2D eigenvalue weighted by atomic mass is 10.0. The Morgan fingerprint density at radius 2 is 1.79 bits per heavy atom. The highest BCUT2D eigenvalue weighted by atomic mass is 16.5. The summed E-state index contributed by atoms with van der Waals surface area (Å²) in [6.45, 7) is 0.312. The molecule has 124 valence electrons. The second kappa shape index (κ2) is 6.64. The highest BCUT2D eigenvalue weighted by Crippen LogP contribution is 2.37. The first-order valence-electron chi connectivity index (χ1n) is 7.47. The van der Waals surface area contributed by atoms with Gasteiger partial charge in [-0.15, -0.1) is 0 Å². The van der Waals surface area contributed by atoms with E-state index in [-0.39, 0.29) is 18.1 Å². The van der Waals surface area contributed by atoms with Gasteiger partial charge in [-0.2, -0.15) is 5.10 Å². The molecule has 1 heterocycles. The van der Waals surface area contributed by atoms with Crippen LogP contribution in [0.2, 0.25) is 0 Å². The molecule has 3 rings (SSSR count). The zero-order valence-corrected chi connectivity index (χ0v) is 13.2. The first-order valence-corrected chi connectivity index (χ1v) is 7.47. The summed E-state index contributed by atoms with van der Waals surface area (Å²) in [5.74, 6) is 0.673. The van der Waals surface area contributed by atoms with E-state index in [0.717, 1.165) is 16.9 Å².